The van der Waals surface area contributed by atoms with E-state index in [-0.39, 0.29) is 0 Å². The molecule has 9 heteroatoms. The van der Waals surface area contributed by atoms with Crippen LogP contribution in [0, 0.1) is 0 Å². The fourth-order valence-electron chi connectivity index (χ4n) is 6.22. The van der Waals surface area contributed by atoms with Gasteiger partial charge in [0.1, 0.15) is 5.03 Å². The van der Waals surface area contributed by atoms with Gasteiger partial charge in [-0.25, -0.2) is 9.99 Å². The van der Waals surface area contributed by atoms with E-state index in [0.717, 1.165) is 144 Å². The van der Waals surface area contributed by atoms with Crippen LogP contribution in [0.25, 0.3) is 5.57 Å². The molecule has 1 fully saturated rings. The number of nitrogens with zero attached hydrogens (tertiary/aromatic N) is 5. The van der Waals surface area contributed by atoms with E-state index in [4.69, 9.17) is 10.8 Å². The van der Waals surface area contributed by atoms with Crippen molar-refractivity contribution in [3.63, 3.8) is 0 Å². The summed E-state index contributed by atoms with van der Waals surface area (Å²) >= 11 is 1.75. The first kappa shape index (κ1) is 38.6. The van der Waals surface area contributed by atoms with E-state index < -0.39 is 0 Å². The molecule has 1 saturated heterocycles. The molecule has 2 aromatic rings. The molecule has 49 heavy (non-hydrogen) atoms. The van der Waals surface area contributed by atoms with Gasteiger partial charge in [-0.15, -0.1) is 0 Å². The maximum atomic E-state index is 6.54. The van der Waals surface area contributed by atoms with Crippen molar-refractivity contribution in [1.82, 2.24) is 35.3 Å². The molecule has 4 N–H and O–H groups in total. The Hall–Kier alpha value is -3.18. The van der Waals surface area contributed by atoms with Gasteiger partial charge in [0.15, 0.2) is 0 Å². The molecule has 4 rings (SSSR count). The largest absolute Gasteiger partial charge is 0.384 e. The molecule has 1 aromatic carbocycles. The molecule has 0 atom stereocenters. The van der Waals surface area contributed by atoms with Gasteiger partial charge in [-0.2, -0.15) is 0 Å². The van der Waals surface area contributed by atoms with Crippen LogP contribution in [0.5, 0.6) is 0 Å². The maximum Gasteiger partial charge on any atom is 0.109 e. The molecule has 0 radical (unpaired) electrons. The standard InChI is InChI=1S/C40H60N8S/c1-8-12-31(3)26-42-33(5)28-45-18-20-47(30-36-16-17-38-35(7)37-14-10-11-15-39(37)49-40(38)44-36)21-19-46(23-25-48(41)24-22-45)29-34(6)43-27-32(4)13-9-2/h10-11,14-17,42-43H,3-9,12-13,18-30,41H2,1-2H3. The Bertz CT molecular complexity index is 1400. The number of hydrogen-bond acceptors (Lipinski definition) is 9. The fraction of sp³-hybridized carbons (Fsp3) is 0.475. The number of hydrazine groups is 1. The second kappa shape index (κ2) is 19.9. The minimum Gasteiger partial charge on any atom is -0.384 e. The predicted molar refractivity (Wildman–Crippen MR) is 209 cm³/mol. The van der Waals surface area contributed by atoms with Crippen molar-refractivity contribution >= 4 is 17.3 Å². The summed E-state index contributed by atoms with van der Waals surface area (Å²) in [6.45, 7) is 36.7. The van der Waals surface area contributed by atoms with Crippen molar-refractivity contribution in [3.05, 3.63) is 109 Å². The van der Waals surface area contributed by atoms with Crippen LogP contribution >= 0.6 is 11.8 Å². The smallest absolute Gasteiger partial charge is 0.109 e. The Kier molecular flexibility index (Phi) is 15.7. The minimum absolute atomic E-state index is 0.775. The van der Waals surface area contributed by atoms with E-state index in [2.05, 4.69) is 108 Å². The van der Waals surface area contributed by atoms with Gasteiger partial charge in [0, 0.05) is 107 Å². The lowest BCUT2D eigenvalue weighted by atomic mass is 10.0. The van der Waals surface area contributed by atoms with E-state index in [1.165, 1.54) is 21.6 Å². The van der Waals surface area contributed by atoms with Crippen molar-refractivity contribution in [3.8, 4) is 0 Å². The Morgan fingerprint density at radius 1 is 0.735 bits per heavy atom. The first-order valence-corrected chi connectivity index (χ1v) is 18.8. The number of benzene rings is 1. The van der Waals surface area contributed by atoms with Crippen molar-refractivity contribution < 1.29 is 0 Å². The lowest BCUT2D eigenvalue weighted by Crippen LogP contribution is -2.48. The number of fused-ring (bicyclic) bond motifs is 2. The van der Waals surface area contributed by atoms with E-state index in [9.17, 15) is 0 Å². The summed E-state index contributed by atoms with van der Waals surface area (Å²) in [7, 11) is 0. The topological polar surface area (TPSA) is 75.9 Å². The van der Waals surface area contributed by atoms with Gasteiger partial charge < -0.3 is 10.6 Å². The van der Waals surface area contributed by atoms with Gasteiger partial charge in [-0.05, 0) is 42.2 Å². The second-order valence-electron chi connectivity index (χ2n) is 13.5. The van der Waals surface area contributed by atoms with Crippen molar-refractivity contribution in [2.75, 3.05) is 78.5 Å². The van der Waals surface area contributed by atoms with E-state index in [0.29, 0.717) is 0 Å². The number of rotatable bonds is 16. The molecule has 0 amide bonds. The lowest BCUT2D eigenvalue weighted by molar-refractivity contribution is 0.136. The van der Waals surface area contributed by atoms with Crippen LogP contribution in [0.2, 0.25) is 0 Å². The molecule has 2 aliphatic heterocycles. The molecule has 0 saturated carbocycles. The second-order valence-corrected chi connectivity index (χ2v) is 14.5. The zero-order chi connectivity index (χ0) is 35.2. The van der Waals surface area contributed by atoms with Crippen LogP contribution in [0.1, 0.15) is 56.4 Å². The molecular weight excluding hydrogens is 625 g/mol. The highest BCUT2D eigenvalue weighted by molar-refractivity contribution is 7.99. The quantitative estimate of drug-likeness (QED) is 0.122. The first-order valence-electron chi connectivity index (χ1n) is 17.9. The summed E-state index contributed by atoms with van der Waals surface area (Å²) < 4.78 is 0. The lowest BCUT2D eigenvalue weighted by Gasteiger charge is -2.34. The molecular formula is C40H60N8S. The highest BCUT2D eigenvalue weighted by Crippen LogP contribution is 2.43. The third kappa shape index (κ3) is 12.6. The summed E-state index contributed by atoms with van der Waals surface area (Å²) in [6.07, 6.45) is 4.28. The fourth-order valence-corrected chi connectivity index (χ4v) is 7.34. The van der Waals surface area contributed by atoms with Crippen molar-refractivity contribution in [2.45, 2.75) is 56.0 Å². The molecule has 8 nitrogen and oxygen atoms in total. The van der Waals surface area contributed by atoms with Gasteiger partial charge in [0.2, 0.25) is 0 Å². The van der Waals surface area contributed by atoms with Gasteiger partial charge in [-0.1, -0.05) is 101 Å². The van der Waals surface area contributed by atoms with Crippen LogP contribution in [-0.2, 0) is 6.54 Å². The van der Waals surface area contributed by atoms with E-state index in [1.54, 1.807) is 11.8 Å². The summed E-state index contributed by atoms with van der Waals surface area (Å²) in [4.78, 5) is 13.9. The van der Waals surface area contributed by atoms with Gasteiger partial charge >= 0.3 is 0 Å². The SMILES string of the molecule is C=C(CCC)CNC(=C)CN1CCN(N)CCN(CC(=C)NCC(=C)CCC)CCN(Cc2ccc3c(n2)Sc2ccccc2C3=C)CC1. The number of nitrogens with one attached hydrogen (secondary N) is 2. The Labute approximate surface area is 300 Å². The summed E-state index contributed by atoms with van der Waals surface area (Å²) in [6, 6.07) is 12.9. The van der Waals surface area contributed by atoms with E-state index >= 15 is 0 Å². The average molecular weight is 685 g/mol. The zero-order valence-electron chi connectivity index (χ0n) is 30.2. The van der Waals surface area contributed by atoms with Gasteiger partial charge in [-0.3, -0.25) is 20.5 Å². The van der Waals surface area contributed by atoms with Crippen LogP contribution in [-0.4, -0.2) is 103 Å². The zero-order valence-corrected chi connectivity index (χ0v) is 31.1. The molecule has 1 aromatic heterocycles. The molecule has 0 aliphatic carbocycles. The third-order valence-corrected chi connectivity index (χ3v) is 10.2. The van der Waals surface area contributed by atoms with Crippen LogP contribution < -0.4 is 16.5 Å². The Balaban J connectivity index is 1.47. The first-order chi connectivity index (χ1) is 23.6. The van der Waals surface area contributed by atoms with Gasteiger partial charge in [0.05, 0.1) is 5.69 Å². The average Bonchev–Trinajstić information content (AvgIpc) is 3.08. The van der Waals surface area contributed by atoms with Crippen LogP contribution in [0.4, 0.5) is 0 Å². The molecule has 0 unspecified atom stereocenters. The summed E-state index contributed by atoms with van der Waals surface area (Å²) in [5.41, 5.74) is 8.93. The van der Waals surface area contributed by atoms with Crippen molar-refractivity contribution in [2.24, 2.45) is 5.84 Å². The number of aromatic nitrogens is 1. The third-order valence-electron chi connectivity index (χ3n) is 9.13. The molecule has 0 bridgehead atoms. The highest BCUT2D eigenvalue weighted by atomic mass is 32.2. The van der Waals surface area contributed by atoms with Crippen LogP contribution in [0.15, 0.2) is 102 Å². The number of hydrogen-bond donors (Lipinski definition) is 3. The Morgan fingerprint density at radius 2 is 1.27 bits per heavy atom. The highest BCUT2D eigenvalue weighted by Gasteiger charge is 2.22. The Morgan fingerprint density at radius 3 is 1.84 bits per heavy atom. The number of pyridine rings is 1. The monoisotopic (exact) mass is 684 g/mol. The molecule has 3 heterocycles. The summed E-state index contributed by atoms with van der Waals surface area (Å²) in [5, 5.41) is 10.0. The van der Waals surface area contributed by atoms with Gasteiger partial charge in [0.25, 0.3) is 0 Å². The normalized spacial score (nSPS) is 16.9. The maximum absolute atomic E-state index is 6.54. The van der Waals surface area contributed by atoms with Crippen LogP contribution in [0.3, 0.4) is 0 Å². The van der Waals surface area contributed by atoms with E-state index in [1.807, 2.05) is 5.01 Å². The molecule has 0 spiro atoms. The molecule has 266 valence electrons. The predicted octanol–water partition coefficient (Wildman–Crippen LogP) is 6.12. The summed E-state index contributed by atoms with van der Waals surface area (Å²) in [5.74, 6) is 6.54. The number of nitrogens with two attached hydrogens (primary N) is 1. The minimum atomic E-state index is 0.775. The van der Waals surface area contributed by atoms with Crippen molar-refractivity contribution in [1.29, 1.82) is 0 Å². The molecule has 2 aliphatic rings.